The fourth-order valence-corrected chi connectivity index (χ4v) is 4.31. The van der Waals surface area contributed by atoms with Gasteiger partial charge in [-0.05, 0) is 35.7 Å². The van der Waals surface area contributed by atoms with Gasteiger partial charge in [0.2, 0.25) is 0 Å². The molecule has 100 valence electrons. The first-order chi connectivity index (χ1) is 8.95. The molecule has 0 aromatic carbocycles. The molecular formula is C16H17ClOS. The van der Waals surface area contributed by atoms with E-state index in [1.165, 1.54) is 16.6 Å². The Labute approximate surface area is 124 Å². The number of hydrogen-bond acceptors (Lipinski definition) is 2. The van der Waals surface area contributed by atoms with Gasteiger partial charge in [-0.3, -0.25) is 4.79 Å². The van der Waals surface area contributed by atoms with Gasteiger partial charge in [0, 0.05) is 9.94 Å². The van der Waals surface area contributed by atoms with Crippen molar-refractivity contribution in [2.75, 3.05) is 5.75 Å². The Hall–Kier alpha value is -0.910. The lowest BCUT2D eigenvalue weighted by atomic mass is 9.69. The minimum atomic E-state index is -0.656. The molecule has 0 aromatic heterocycles. The minimum Gasteiger partial charge on any atom is -0.299 e. The van der Waals surface area contributed by atoms with Crippen LogP contribution in [0.25, 0.3) is 0 Å². The van der Waals surface area contributed by atoms with E-state index < -0.39 is 5.41 Å². The van der Waals surface area contributed by atoms with Crippen LogP contribution < -0.4 is 0 Å². The van der Waals surface area contributed by atoms with Gasteiger partial charge in [-0.15, -0.1) is 18.2 Å². The second kappa shape index (κ2) is 5.23. The highest BCUT2D eigenvalue weighted by Crippen LogP contribution is 2.52. The van der Waals surface area contributed by atoms with E-state index in [0.29, 0.717) is 17.7 Å². The number of allylic oxidation sites excluding steroid dienone is 5. The number of carbonyl (C=O) groups excluding carboxylic acids is 1. The summed E-state index contributed by atoms with van der Waals surface area (Å²) in [7, 11) is 0. The number of rotatable bonds is 2. The van der Waals surface area contributed by atoms with Crippen molar-refractivity contribution in [3.63, 3.8) is 0 Å². The third-order valence-corrected chi connectivity index (χ3v) is 5.54. The summed E-state index contributed by atoms with van der Waals surface area (Å²) in [4.78, 5) is 12.0. The zero-order valence-corrected chi connectivity index (χ0v) is 12.8. The van der Waals surface area contributed by atoms with Crippen molar-refractivity contribution in [1.29, 1.82) is 0 Å². The van der Waals surface area contributed by atoms with Crippen LogP contribution in [0.5, 0.6) is 0 Å². The van der Waals surface area contributed by atoms with Gasteiger partial charge in [0.15, 0.2) is 0 Å². The van der Waals surface area contributed by atoms with Crippen molar-refractivity contribution >= 4 is 29.6 Å². The first-order valence-corrected chi connectivity index (χ1v) is 7.66. The van der Waals surface area contributed by atoms with Crippen molar-refractivity contribution < 1.29 is 4.79 Å². The van der Waals surface area contributed by atoms with Gasteiger partial charge in [0.1, 0.15) is 6.29 Å². The zero-order chi connectivity index (χ0) is 14.1. The molecule has 0 saturated heterocycles. The summed E-state index contributed by atoms with van der Waals surface area (Å²) >= 11 is 8.13. The predicted molar refractivity (Wildman–Crippen MR) is 82.9 cm³/mol. The normalized spacial score (nSPS) is 29.7. The summed E-state index contributed by atoms with van der Waals surface area (Å²) in [6, 6.07) is 0. The second-order valence-corrected chi connectivity index (χ2v) is 7.15. The zero-order valence-electron chi connectivity index (χ0n) is 11.2. The molecular weight excluding hydrogens is 276 g/mol. The maximum Gasteiger partial charge on any atom is 0.144 e. The Kier molecular flexibility index (Phi) is 3.99. The molecule has 0 N–H and O–H groups in total. The summed E-state index contributed by atoms with van der Waals surface area (Å²) in [6.45, 7) is 4.50. The lowest BCUT2D eigenvalue weighted by Gasteiger charge is -2.40. The van der Waals surface area contributed by atoms with Crippen LogP contribution in [0.4, 0.5) is 0 Å². The molecule has 0 fully saturated rings. The Bertz CT molecular complexity index is 533. The molecule has 1 heterocycles. The van der Waals surface area contributed by atoms with Crippen LogP contribution in [0.2, 0.25) is 0 Å². The largest absolute Gasteiger partial charge is 0.299 e. The Morgan fingerprint density at radius 3 is 2.95 bits per heavy atom. The molecule has 1 aliphatic carbocycles. The van der Waals surface area contributed by atoms with Crippen LogP contribution in [-0.4, -0.2) is 12.0 Å². The van der Waals surface area contributed by atoms with Crippen molar-refractivity contribution in [1.82, 2.24) is 0 Å². The number of thioether (sulfide) groups is 1. The quantitative estimate of drug-likeness (QED) is 0.429. The molecule has 0 spiro atoms. The van der Waals surface area contributed by atoms with Gasteiger partial charge < -0.3 is 0 Å². The Morgan fingerprint density at radius 1 is 1.58 bits per heavy atom. The second-order valence-electron chi connectivity index (χ2n) is 5.60. The molecule has 0 saturated carbocycles. The van der Waals surface area contributed by atoms with E-state index in [1.807, 2.05) is 17.8 Å². The number of halogens is 1. The number of carbonyl (C=O) groups is 1. The summed E-state index contributed by atoms with van der Waals surface area (Å²) in [5.41, 5.74) is 0.851. The molecule has 2 aliphatic rings. The monoisotopic (exact) mass is 292 g/mol. The fourth-order valence-electron chi connectivity index (χ4n) is 2.56. The van der Waals surface area contributed by atoms with E-state index in [-0.39, 0.29) is 5.41 Å². The molecule has 0 radical (unpaired) electrons. The van der Waals surface area contributed by atoms with Gasteiger partial charge in [-0.1, -0.05) is 43.5 Å². The van der Waals surface area contributed by atoms with Gasteiger partial charge in [-0.2, -0.15) is 0 Å². The molecule has 0 bridgehead atoms. The van der Waals surface area contributed by atoms with Gasteiger partial charge in [0.25, 0.3) is 0 Å². The maximum absolute atomic E-state index is 10.7. The summed E-state index contributed by atoms with van der Waals surface area (Å²) < 4.78 is 0. The fraction of sp³-hybridized carbons (Fsp3) is 0.438. The standard InChI is InChI=1S/C16H17ClOS/c1-4-16(14(17)6-9-18)7-5-13-12(11-16)15(2,3)8-10-19-13/h1,5-7,9H,8,10-11H2,2-3H3. The van der Waals surface area contributed by atoms with Crippen molar-refractivity contribution in [3.05, 3.63) is 33.7 Å². The molecule has 1 aliphatic heterocycles. The van der Waals surface area contributed by atoms with Crippen LogP contribution >= 0.6 is 23.4 Å². The van der Waals surface area contributed by atoms with E-state index in [1.54, 1.807) is 0 Å². The third kappa shape index (κ3) is 2.55. The first kappa shape index (κ1) is 14.5. The topological polar surface area (TPSA) is 17.1 Å². The van der Waals surface area contributed by atoms with Crippen molar-refractivity contribution in [3.8, 4) is 12.3 Å². The van der Waals surface area contributed by atoms with Crippen LogP contribution in [0.1, 0.15) is 26.7 Å². The number of aldehydes is 1. The van der Waals surface area contributed by atoms with E-state index in [4.69, 9.17) is 18.0 Å². The van der Waals surface area contributed by atoms with Crippen LogP contribution in [0, 0.1) is 23.2 Å². The van der Waals surface area contributed by atoms with Gasteiger partial charge >= 0.3 is 0 Å². The predicted octanol–water partition coefficient (Wildman–Crippen LogP) is 4.30. The average Bonchev–Trinajstić information content (AvgIpc) is 2.38. The highest BCUT2D eigenvalue weighted by Gasteiger charge is 2.40. The lowest BCUT2D eigenvalue weighted by Crippen LogP contribution is -2.29. The molecule has 0 amide bonds. The van der Waals surface area contributed by atoms with Crippen LogP contribution in [0.3, 0.4) is 0 Å². The smallest absolute Gasteiger partial charge is 0.144 e. The number of hydrogen-bond donors (Lipinski definition) is 0. The molecule has 2 rings (SSSR count). The maximum atomic E-state index is 10.7. The summed E-state index contributed by atoms with van der Waals surface area (Å²) in [5.74, 6) is 3.92. The van der Waals surface area contributed by atoms with Crippen molar-refractivity contribution in [2.24, 2.45) is 10.8 Å². The molecule has 3 heteroatoms. The van der Waals surface area contributed by atoms with Crippen LogP contribution in [0.15, 0.2) is 33.7 Å². The van der Waals surface area contributed by atoms with E-state index in [9.17, 15) is 4.79 Å². The first-order valence-electron chi connectivity index (χ1n) is 6.30. The highest BCUT2D eigenvalue weighted by molar-refractivity contribution is 8.03. The SMILES string of the molecule is C#CC1(C(Cl)=CC=O)C=CC2=C(C1)C(C)(C)CCS2. The number of terminal acetylenes is 1. The molecule has 19 heavy (non-hydrogen) atoms. The van der Waals surface area contributed by atoms with E-state index in [0.717, 1.165) is 12.2 Å². The minimum absolute atomic E-state index is 0.145. The van der Waals surface area contributed by atoms with Crippen LogP contribution in [-0.2, 0) is 4.79 Å². The molecule has 1 nitrogen and oxygen atoms in total. The molecule has 1 atom stereocenters. The van der Waals surface area contributed by atoms with E-state index >= 15 is 0 Å². The van der Waals surface area contributed by atoms with E-state index in [2.05, 4.69) is 25.8 Å². The summed E-state index contributed by atoms with van der Waals surface area (Å²) in [6.07, 6.45) is 13.6. The molecule has 0 aromatic rings. The lowest BCUT2D eigenvalue weighted by molar-refractivity contribution is -0.104. The highest BCUT2D eigenvalue weighted by atomic mass is 35.5. The molecule has 1 unspecified atom stereocenters. The van der Waals surface area contributed by atoms with Gasteiger partial charge in [-0.25, -0.2) is 0 Å². The van der Waals surface area contributed by atoms with Crippen molar-refractivity contribution in [2.45, 2.75) is 26.7 Å². The summed E-state index contributed by atoms with van der Waals surface area (Å²) in [5, 5.41) is 0.430. The average molecular weight is 293 g/mol. The Balaban J connectivity index is 2.45. The Morgan fingerprint density at radius 2 is 2.32 bits per heavy atom. The third-order valence-electron chi connectivity index (χ3n) is 3.97. The van der Waals surface area contributed by atoms with Gasteiger partial charge in [0.05, 0.1) is 5.41 Å².